The molecule has 0 saturated carbocycles. The van der Waals surface area contributed by atoms with Gasteiger partial charge in [-0.1, -0.05) is 55.0 Å². The van der Waals surface area contributed by atoms with Crippen molar-refractivity contribution >= 4 is 32.7 Å². The first-order valence-electron chi connectivity index (χ1n) is 9.45. The van der Waals surface area contributed by atoms with Gasteiger partial charge in [-0.2, -0.15) is 4.98 Å². The van der Waals surface area contributed by atoms with Crippen LogP contribution >= 0.6 is 11.3 Å². The van der Waals surface area contributed by atoms with E-state index in [1.807, 2.05) is 30.3 Å². The molecule has 1 amide bonds. The minimum atomic E-state index is -0.170. The number of aryl methyl sites for hydroxylation is 1. The number of benzene rings is 1. The monoisotopic (exact) mass is 381 g/mol. The first kappa shape index (κ1) is 17.9. The van der Waals surface area contributed by atoms with Crippen molar-refractivity contribution in [2.45, 2.75) is 45.2 Å². The molecule has 1 aliphatic rings. The van der Waals surface area contributed by atoms with E-state index < -0.39 is 0 Å². The Kier molecular flexibility index (Phi) is 5.29. The van der Waals surface area contributed by atoms with Crippen molar-refractivity contribution in [3.8, 4) is 0 Å². The molecule has 4 rings (SSSR count). The number of aromatic nitrogens is 3. The van der Waals surface area contributed by atoms with Gasteiger partial charge in [0.2, 0.25) is 5.91 Å². The van der Waals surface area contributed by atoms with Crippen LogP contribution in [0.2, 0.25) is 0 Å². The summed E-state index contributed by atoms with van der Waals surface area (Å²) in [5.41, 5.74) is 2.90. The number of amides is 1. The molecule has 0 unspecified atom stereocenters. The van der Waals surface area contributed by atoms with E-state index in [9.17, 15) is 4.79 Å². The maximum Gasteiger partial charge on any atom is 0.243 e. The Labute approximate surface area is 162 Å². The molecule has 0 aliphatic carbocycles. The molecule has 1 aliphatic heterocycles. The molecule has 0 spiro atoms. The molecule has 3 aromatic rings. The molecule has 0 radical (unpaired) electrons. The van der Waals surface area contributed by atoms with E-state index >= 15 is 0 Å². The maximum atomic E-state index is 12.8. The van der Waals surface area contributed by atoms with Gasteiger partial charge in [-0.3, -0.25) is 4.79 Å². The highest BCUT2D eigenvalue weighted by Crippen LogP contribution is 2.34. The largest absolute Gasteiger partial charge is 0.350 e. The van der Waals surface area contributed by atoms with Crippen LogP contribution in [0.15, 0.2) is 36.7 Å². The van der Waals surface area contributed by atoms with E-state index in [1.165, 1.54) is 0 Å². The van der Waals surface area contributed by atoms with E-state index in [4.69, 9.17) is 4.98 Å². The van der Waals surface area contributed by atoms with Crippen LogP contribution in [-0.2, 0) is 17.8 Å². The molecule has 1 N–H and O–H groups in total. The van der Waals surface area contributed by atoms with E-state index in [-0.39, 0.29) is 11.9 Å². The van der Waals surface area contributed by atoms with Crippen LogP contribution in [0.4, 0.5) is 5.13 Å². The number of anilines is 1. The zero-order chi connectivity index (χ0) is 18.6. The number of hydrogen-bond donors (Lipinski definition) is 1. The summed E-state index contributed by atoms with van der Waals surface area (Å²) in [7, 11) is 0. The minimum Gasteiger partial charge on any atom is -0.350 e. The first-order valence-corrected chi connectivity index (χ1v) is 10.3. The fourth-order valence-electron chi connectivity index (χ4n) is 3.50. The van der Waals surface area contributed by atoms with E-state index in [2.05, 4.69) is 27.1 Å². The Hall–Kier alpha value is -2.54. The second-order valence-electron chi connectivity index (χ2n) is 6.77. The van der Waals surface area contributed by atoms with E-state index in [0.29, 0.717) is 6.54 Å². The van der Waals surface area contributed by atoms with Gasteiger partial charge in [0.05, 0.1) is 10.4 Å². The molecule has 1 fully saturated rings. The Bertz CT molecular complexity index is 927. The zero-order valence-electron chi connectivity index (χ0n) is 15.4. The summed E-state index contributed by atoms with van der Waals surface area (Å²) in [4.78, 5) is 28.4. The average molecular weight is 382 g/mol. The summed E-state index contributed by atoms with van der Waals surface area (Å²) in [6.45, 7) is 3.54. The maximum absolute atomic E-state index is 12.8. The first-order chi connectivity index (χ1) is 13.3. The third kappa shape index (κ3) is 3.78. The van der Waals surface area contributed by atoms with Gasteiger partial charge in [0.25, 0.3) is 0 Å². The van der Waals surface area contributed by atoms with Gasteiger partial charge in [0.15, 0.2) is 10.8 Å². The van der Waals surface area contributed by atoms with Crippen molar-refractivity contribution in [3.63, 3.8) is 0 Å². The SMILES string of the molecule is CCCc1ncnc2nc(N3CCC[C@@H]3C(=O)NCc3ccccc3)sc12. The Balaban J connectivity index is 1.51. The highest BCUT2D eigenvalue weighted by atomic mass is 32.1. The number of nitrogens with one attached hydrogen (secondary N) is 1. The molecule has 7 heteroatoms. The summed E-state index contributed by atoms with van der Waals surface area (Å²) in [5, 5.41) is 3.95. The topological polar surface area (TPSA) is 71.0 Å². The fourth-order valence-corrected chi connectivity index (χ4v) is 4.61. The lowest BCUT2D eigenvalue weighted by atomic mass is 10.2. The van der Waals surface area contributed by atoms with Crippen molar-refractivity contribution in [3.05, 3.63) is 47.9 Å². The highest BCUT2D eigenvalue weighted by Gasteiger charge is 2.33. The number of carbonyl (C=O) groups excluding carboxylic acids is 1. The Morgan fingerprint density at radius 3 is 2.96 bits per heavy atom. The lowest BCUT2D eigenvalue weighted by Crippen LogP contribution is -2.43. The number of rotatable bonds is 6. The van der Waals surface area contributed by atoms with Gasteiger partial charge in [0.1, 0.15) is 12.4 Å². The van der Waals surface area contributed by atoms with Crippen LogP contribution in [-0.4, -0.2) is 33.4 Å². The summed E-state index contributed by atoms with van der Waals surface area (Å²) < 4.78 is 1.05. The fraction of sp³-hybridized carbons (Fsp3) is 0.400. The van der Waals surface area contributed by atoms with Gasteiger partial charge < -0.3 is 10.2 Å². The van der Waals surface area contributed by atoms with Crippen molar-refractivity contribution in [1.82, 2.24) is 20.3 Å². The lowest BCUT2D eigenvalue weighted by Gasteiger charge is -2.23. The van der Waals surface area contributed by atoms with E-state index in [1.54, 1.807) is 17.7 Å². The van der Waals surface area contributed by atoms with Crippen LogP contribution in [0, 0.1) is 0 Å². The molecule has 1 saturated heterocycles. The number of fused-ring (bicyclic) bond motifs is 1. The molecule has 6 nitrogen and oxygen atoms in total. The summed E-state index contributed by atoms with van der Waals surface area (Å²) in [6, 6.07) is 9.82. The molecule has 140 valence electrons. The lowest BCUT2D eigenvalue weighted by molar-refractivity contribution is -0.122. The summed E-state index contributed by atoms with van der Waals surface area (Å²) in [5.74, 6) is 0.0653. The molecule has 27 heavy (non-hydrogen) atoms. The van der Waals surface area contributed by atoms with Crippen LogP contribution in [0.1, 0.15) is 37.4 Å². The third-order valence-corrected chi connectivity index (χ3v) is 5.98. The Morgan fingerprint density at radius 1 is 1.30 bits per heavy atom. The van der Waals surface area contributed by atoms with Crippen molar-refractivity contribution in [2.24, 2.45) is 0 Å². The van der Waals surface area contributed by atoms with Crippen molar-refractivity contribution < 1.29 is 4.79 Å². The van der Waals surface area contributed by atoms with Gasteiger partial charge in [-0.15, -0.1) is 0 Å². The quantitative estimate of drug-likeness (QED) is 0.709. The van der Waals surface area contributed by atoms with Gasteiger partial charge in [0, 0.05) is 13.1 Å². The molecule has 1 aromatic carbocycles. The van der Waals surface area contributed by atoms with Gasteiger partial charge >= 0.3 is 0 Å². The summed E-state index contributed by atoms with van der Waals surface area (Å²) >= 11 is 1.61. The standard InChI is InChI=1S/C20H23N5OS/c1-2-7-15-17-18(23-13-22-15)24-20(27-17)25-11-6-10-16(25)19(26)21-12-14-8-4-3-5-9-14/h3-5,8-9,13,16H,2,6-7,10-12H2,1H3,(H,21,26)/t16-/m1/s1. The van der Waals surface area contributed by atoms with Crippen molar-refractivity contribution in [1.29, 1.82) is 0 Å². The normalized spacial score (nSPS) is 16.8. The highest BCUT2D eigenvalue weighted by molar-refractivity contribution is 7.22. The van der Waals surface area contributed by atoms with E-state index in [0.717, 1.165) is 59.0 Å². The second kappa shape index (κ2) is 8.00. The smallest absolute Gasteiger partial charge is 0.243 e. The molecule has 1 atom stereocenters. The molecular formula is C20H23N5OS. The minimum absolute atomic E-state index is 0.0653. The predicted molar refractivity (Wildman–Crippen MR) is 108 cm³/mol. The number of hydrogen-bond acceptors (Lipinski definition) is 6. The second-order valence-corrected chi connectivity index (χ2v) is 7.75. The molecule has 2 aromatic heterocycles. The number of nitrogens with zero attached hydrogens (tertiary/aromatic N) is 4. The van der Waals surface area contributed by atoms with Crippen LogP contribution in [0.25, 0.3) is 10.3 Å². The third-order valence-electron chi connectivity index (χ3n) is 4.85. The average Bonchev–Trinajstić information content (AvgIpc) is 3.34. The zero-order valence-corrected chi connectivity index (χ0v) is 16.2. The molecular weight excluding hydrogens is 358 g/mol. The molecule has 0 bridgehead atoms. The van der Waals surface area contributed by atoms with Crippen LogP contribution < -0.4 is 10.2 Å². The number of thiazole rings is 1. The van der Waals surface area contributed by atoms with Gasteiger partial charge in [-0.05, 0) is 24.8 Å². The van der Waals surface area contributed by atoms with Crippen LogP contribution in [0.3, 0.4) is 0 Å². The molecule has 3 heterocycles. The predicted octanol–water partition coefficient (Wildman–Crippen LogP) is 3.32. The summed E-state index contributed by atoms with van der Waals surface area (Å²) in [6.07, 6.45) is 5.39. The number of carbonyl (C=O) groups is 1. The van der Waals surface area contributed by atoms with Gasteiger partial charge in [-0.25, -0.2) is 9.97 Å². The van der Waals surface area contributed by atoms with Crippen LogP contribution in [0.5, 0.6) is 0 Å². The van der Waals surface area contributed by atoms with Crippen molar-refractivity contribution in [2.75, 3.05) is 11.4 Å². The Morgan fingerprint density at radius 2 is 2.15 bits per heavy atom.